The molecule has 2 aromatic heterocycles. The van der Waals surface area contributed by atoms with E-state index in [1.54, 1.807) is 12.4 Å². The molecule has 4 rings (SSSR count). The van der Waals surface area contributed by atoms with Gasteiger partial charge in [0, 0.05) is 57.0 Å². The van der Waals surface area contributed by atoms with Gasteiger partial charge in [-0.3, -0.25) is 0 Å². The maximum atomic E-state index is 9.19. The predicted octanol–water partition coefficient (Wildman–Crippen LogP) is 2.89. The standard InChI is InChI=1S/C19H19N5O/c1-23-10-7-15-17(23)3-2-4-18(15)25-14-5-11-24(12-6-14)19-16(13-20)21-8-9-22-19/h2-4,7-10,14H,5-6,11-12H2,1H3. The molecule has 3 heterocycles. The first kappa shape index (κ1) is 15.5. The van der Waals surface area contributed by atoms with Gasteiger partial charge in [0.2, 0.25) is 0 Å². The summed E-state index contributed by atoms with van der Waals surface area (Å²) in [6, 6.07) is 10.4. The van der Waals surface area contributed by atoms with Gasteiger partial charge in [0.25, 0.3) is 0 Å². The van der Waals surface area contributed by atoms with E-state index in [1.165, 1.54) is 5.52 Å². The number of rotatable bonds is 3. The number of benzene rings is 1. The number of nitrogens with zero attached hydrogens (tertiary/aromatic N) is 5. The average Bonchev–Trinajstić information content (AvgIpc) is 3.05. The van der Waals surface area contributed by atoms with E-state index in [0.29, 0.717) is 11.5 Å². The van der Waals surface area contributed by atoms with Gasteiger partial charge in [-0.05, 0) is 18.2 Å². The van der Waals surface area contributed by atoms with Crippen LogP contribution >= 0.6 is 0 Å². The maximum absolute atomic E-state index is 9.19. The van der Waals surface area contributed by atoms with Crippen molar-refractivity contribution in [3.05, 3.63) is 48.5 Å². The number of piperidine rings is 1. The van der Waals surface area contributed by atoms with E-state index >= 15 is 0 Å². The van der Waals surface area contributed by atoms with E-state index in [4.69, 9.17) is 4.74 Å². The number of ether oxygens (including phenoxy) is 1. The van der Waals surface area contributed by atoms with Crippen molar-refractivity contribution in [1.82, 2.24) is 14.5 Å². The van der Waals surface area contributed by atoms with Gasteiger partial charge in [0.05, 0.1) is 5.52 Å². The van der Waals surface area contributed by atoms with Crippen LogP contribution in [0.5, 0.6) is 5.75 Å². The van der Waals surface area contributed by atoms with Crippen LogP contribution in [-0.2, 0) is 7.05 Å². The van der Waals surface area contributed by atoms with Gasteiger partial charge in [0.1, 0.15) is 17.9 Å². The lowest BCUT2D eigenvalue weighted by molar-refractivity contribution is 0.173. The average molecular weight is 333 g/mol. The molecule has 0 aliphatic carbocycles. The lowest BCUT2D eigenvalue weighted by atomic mass is 10.1. The maximum Gasteiger partial charge on any atom is 0.183 e. The predicted molar refractivity (Wildman–Crippen MR) is 95.5 cm³/mol. The van der Waals surface area contributed by atoms with Crippen LogP contribution in [-0.4, -0.2) is 33.7 Å². The molecule has 6 heteroatoms. The molecule has 1 aliphatic rings. The minimum Gasteiger partial charge on any atom is -0.490 e. The fraction of sp³-hybridized carbons (Fsp3) is 0.316. The molecule has 0 amide bonds. The van der Waals surface area contributed by atoms with Gasteiger partial charge >= 0.3 is 0 Å². The Morgan fingerprint density at radius 2 is 1.96 bits per heavy atom. The Hall–Kier alpha value is -3.07. The number of aryl methyl sites for hydroxylation is 1. The van der Waals surface area contributed by atoms with Crippen LogP contribution in [0.25, 0.3) is 10.9 Å². The highest BCUT2D eigenvalue weighted by Crippen LogP contribution is 2.29. The van der Waals surface area contributed by atoms with Crippen molar-refractivity contribution in [2.24, 2.45) is 7.05 Å². The zero-order valence-corrected chi connectivity index (χ0v) is 14.1. The second-order valence-corrected chi connectivity index (χ2v) is 6.26. The van der Waals surface area contributed by atoms with Gasteiger partial charge in [-0.25, -0.2) is 9.97 Å². The number of hydrogen-bond donors (Lipinski definition) is 0. The molecule has 0 N–H and O–H groups in total. The van der Waals surface area contributed by atoms with Gasteiger partial charge < -0.3 is 14.2 Å². The first-order valence-electron chi connectivity index (χ1n) is 8.43. The van der Waals surface area contributed by atoms with E-state index in [0.717, 1.165) is 37.1 Å². The Labute approximate surface area is 146 Å². The van der Waals surface area contributed by atoms with E-state index in [-0.39, 0.29) is 6.10 Å². The molecule has 0 atom stereocenters. The van der Waals surface area contributed by atoms with Crippen LogP contribution in [0.1, 0.15) is 18.5 Å². The van der Waals surface area contributed by atoms with Crippen LogP contribution in [0.4, 0.5) is 5.82 Å². The zero-order valence-electron chi connectivity index (χ0n) is 14.1. The topological polar surface area (TPSA) is 67.0 Å². The van der Waals surface area contributed by atoms with Crippen LogP contribution in [0.15, 0.2) is 42.9 Å². The highest BCUT2D eigenvalue weighted by molar-refractivity contribution is 5.86. The molecular weight excluding hydrogens is 314 g/mol. The minimum atomic E-state index is 0.171. The molecule has 126 valence electrons. The number of fused-ring (bicyclic) bond motifs is 1. The highest BCUT2D eigenvalue weighted by atomic mass is 16.5. The summed E-state index contributed by atoms with van der Waals surface area (Å²) in [4.78, 5) is 10.5. The van der Waals surface area contributed by atoms with Crippen LogP contribution in [0, 0.1) is 11.3 Å². The summed E-state index contributed by atoms with van der Waals surface area (Å²) in [5.74, 6) is 1.61. The molecule has 0 saturated carbocycles. The van der Waals surface area contributed by atoms with E-state index in [9.17, 15) is 5.26 Å². The molecule has 0 bridgehead atoms. The quantitative estimate of drug-likeness (QED) is 0.737. The van der Waals surface area contributed by atoms with Crippen LogP contribution < -0.4 is 9.64 Å². The lowest BCUT2D eigenvalue weighted by Gasteiger charge is -2.33. The summed E-state index contributed by atoms with van der Waals surface area (Å²) < 4.78 is 8.38. The number of anilines is 1. The molecular formula is C19H19N5O. The zero-order chi connectivity index (χ0) is 17.2. The molecule has 0 radical (unpaired) electrons. The second-order valence-electron chi connectivity index (χ2n) is 6.26. The summed E-state index contributed by atoms with van der Waals surface area (Å²) >= 11 is 0. The molecule has 25 heavy (non-hydrogen) atoms. The van der Waals surface area contributed by atoms with E-state index in [1.807, 2.05) is 19.2 Å². The monoisotopic (exact) mass is 333 g/mol. The number of nitriles is 1. The smallest absolute Gasteiger partial charge is 0.183 e. The highest BCUT2D eigenvalue weighted by Gasteiger charge is 2.24. The van der Waals surface area contributed by atoms with Gasteiger partial charge in [-0.1, -0.05) is 6.07 Å². The van der Waals surface area contributed by atoms with Crippen molar-refractivity contribution in [3.8, 4) is 11.8 Å². The normalized spacial score (nSPS) is 15.3. The first-order chi connectivity index (χ1) is 12.3. The van der Waals surface area contributed by atoms with Gasteiger partial charge in [-0.2, -0.15) is 5.26 Å². The first-order valence-corrected chi connectivity index (χ1v) is 8.43. The summed E-state index contributed by atoms with van der Waals surface area (Å²) in [6.45, 7) is 1.62. The third-order valence-corrected chi connectivity index (χ3v) is 4.71. The molecule has 1 aliphatic heterocycles. The molecule has 3 aromatic rings. The summed E-state index contributed by atoms with van der Waals surface area (Å²) in [6.07, 6.45) is 7.20. The fourth-order valence-electron chi connectivity index (χ4n) is 3.38. The Balaban J connectivity index is 1.46. The largest absolute Gasteiger partial charge is 0.490 e. The Morgan fingerprint density at radius 1 is 1.16 bits per heavy atom. The van der Waals surface area contributed by atoms with Crippen molar-refractivity contribution in [1.29, 1.82) is 5.26 Å². The second kappa shape index (κ2) is 6.44. The van der Waals surface area contributed by atoms with Gasteiger partial charge in [0.15, 0.2) is 11.5 Å². The molecule has 1 fully saturated rings. The molecule has 0 unspecified atom stereocenters. The van der Waals surface area contributed by atoms with Crippen LogP contribution in [0.3, 0.4) is 0 Å². The van der Waals surface area contributed by atoms with Crippen molar-refractivity contribution < 1.29 is 4.74 Å². The molecule has 6 nitrogen and oxygen atoms in total. The van der Waals surface area contributed by atoms with Crippen molar-refractivity contribution >= 4 is 16.7 Å². The SMILES string of the molecule is Cn1ccc2c(OC3CCN(c4nccnc4C#N)CC3)cccc21. The van der Waals surface area contributed by atoms with E-state index in [2.05, 4.69) is 43.8 Å². The van der Waals surface area contributed by atoms with Crippen molar-refractivity contribution in [2.45, 2.75) is 18.9 Å². The molecule has 1 aromatic carbocycles. The summed E-state index contributed by atoms with van der Waals surface area (Å²) in [5.41, 5.74) is 1.56. The van der Waals surface area contributed by atoms with Crippen molar-refractivity contribution in [3.63, 3.8) is 0 Å². The Kier molecular flexibility index (Phi) is 3.98. The Bertz CT molecular complexity index is 934. The molecule has 0 spiro atoms. The number of aromatic nitrogens is 3. The van der Waals surface area contributed by atoms with Crippen molar-refractivity contribution in [2.75, 3.05) is 18.0 Å². The van der Waals surface area contributed by atoms with E-state index < -0.39 is 0 Å². The van der Waals surface area contributed by atoms with Crippen LogP contribution in [0.2, 0.25) is 0 Å². The third kappa shape index (κ3) is 2.89. The Morgan fingerprint density at radius 3 is 2.76 bits per heavy atom. The molecule has 1 saturated heterocycles. The number of hydrogen-bond acceptors (Lipinski definition) is 5. The minimum absolute atomic E-state index is 0.171. The fourth-order valence-corrected chi connectivity index (χ4v) is 3.38. The van der Waals surface area contributed by atoms with Gasteiger partial charge in [-0.15, -0.1) is 0 Å². The third-order valence-electron chi connectivity index (χ3n) is 4.71. The lowest BCUT2D eigenvalue weighted by Crippen LogP contribution is -2.39. The summed E-state index contributed by atoms with van der Waals surface area (Å²) in [7, 11) is 2.04. The summed E-state index contributed by atoms with van der Waals surface area (Å²) in [5, 5.41) is 10.3.